The summed E-state index contributed by atoms with van der Waals surface area (Å²) >= 11 is 9.53. The SMILES string of the molecule is Cc1ccc(NCc2c(O)cccc2Cl)cc1Br. The van der Waals surface area contributed by atoms with Gasteiger partial charge in [0, 0.05) is 27.3 Å². The van der Waals surface area contributed by atoms with E-state index in [-0.39, 0.29) is 5.75 Å². The summed E-state index contributed by atoms with van der Waals surface area (Å²) in [4.78, 5) is 0. The molecule has 0 unspecified atom stereocenters. The van der Waals surface area contributed by atoms with Gasteiger partial charge in [0.2, 0.25) is 0 Å². The Balaban J connectivity index is 2.14. The molecule has 18 heavy (non-hydrogen) atoms. The van der Waals surface area contributed by atoms with Crippen LogP contribution in [0.4, 0.5) is 5.69 Å². The number of nitrogens with one attached hydrogen (secondary N) is 1. The first-order valence-electron chi connectivity index (χ1n) is 5.54. The molecule has 0 spiro atoms. The van der Waals surface area contributed by atoms with Gasteiger partial charge >= 0.3 is 0 Å². The summed E-state index contributed by atoms with van der Waals surface area (Å²) in [6.45, 7) is 2.52. The highest BCUT2D eigenvalue weighted by molar-refractivity contribution is 9.10. The Morgan fingerprint density at radius 2 is 2.06 bits per heavy atom. The number of hydrogen-bond donors (Lipinski definition) is 2. The highest BCUT2D eigenvalue weighted by Crippen LogP contribution is 2.27. The largest absolute Gasteiger partial charge is 0.508 e. The summed E-state index contributed by atoms with van der Waals surface area (Å²) in [6, 6.07) is 11.1. The minimum absolute atomic E-state index is 0.209. The summed E-state index contributed by atoms with van der Waals surface area (Å²) in [5.41, 5.74) is 2.86. The lowest BCUT2D eigenvalue weighted by atomic mass is 10.2. The van der Waals surface area contributed by atoms with Crippen molar-refractivity contribution in [2.24, 2.45) is 0 Å². The molecule has 2 N–H and O–H groups in total. The molecule has 2 nitrogen and oxygen atoms in total. The lowest BCUT2D eigenvalue weighted by Gasteiger charge is -2.10. The fourth-order valence-corrected chi connectivity index (χ4v) is 2.23. The van der Waals surface area contributed by atoms with Crippen molar-refractivity contribution in [1.82, 2.24) is 0 Å². The van der Waals surface area contributed by atoms with Crippen molar-refractivity contribution < 1.29 is 5.11 Å². The highest BCUT2D eigenvalue weighted by atomic mass is 79.9. The number of phenolic OH excluding ortho intramolecular Hbond substituents is 1. The molecule has 0 fully saturated rings. The maximum Gasteiger partial charge on any atom is 0.122 e. The van der Waals surface area contributed by atoms with Crippen LogP contribution in [0.2, 0.25) is 5.02 Å². The van der Waals surface area contributed by atoms with E-state index >= 15 is 0 Å². The van der Waals surface area contributed by atoms with E-state index in [1.54, 1.807) is 18.2 Å². The van der Waals surface area contributed by atoms with Crippen LogP contribution in [0.3, 0.4) is 0 Å². The molecule has 94 valence electrons. The number of aryl methyl sites for hydroxylation is 1. The van der Waals surface area contributed by atoms with Crippen LogP contribution in [-0.4, -0.2) is 5.11 Å². The third kappa shape index (κ3) is 2.98. The summed E-state index contributed by atoms with van der Waals surface area (Å²) < 4.78 is 1.05. The van der Waals surface area contributed by atoms with E-state index in [0.29, 0.717) is 17.1 Å². The van der Waals surface area contributed by atoms with E-state index in [1.807, 2.05) is 25.1 Å². The number of halogens is 2. The second kappa shape index (κ2) is 5.63. The first-order valence-corrected chi connectivity index (χ1v) is 6.71. The smallest absolute Gasteiger partial charge is 0.122 e. The molecular weight excluding hydrogens is 314 g/mol. The predicted octanol–water partition coefficient (Wildman–Crippen LogP) is 4.73. The molecule has 0 aliphatic rings. The topological polar surface area (TPSA) is 32.3 Å². The lowest BCUT2D eigenvalue weighted by molar-refractivity contribution is 0.469. The fraction of sp³-hybridized carbons (Fsp3) is 0.143. The zero-order valence-corrected chi connectivity index (χ0v) is 12.2. The van der Waals surface area contributed by atoms with Crippen LogP contribution in [0.25, 0.3) is 0 Å². The van der Waals surface area contributed by atoms with Crippen LogP contribution in [0.5, 0.6) is 5.75 Å². The second-order valence-electron chi connectivity index (χ2n) is 4.06. The molecule has 2 aromatic carbocycles. The number of aromatic hydroxyl groups is 1. The van der Waals surface area contributed by atoms with Crippen LogP contribution in [0.1, 0.15) is 11.1 Å². The second-order valence-corrected chi connectivity index (χ2v) is 5.32. The molecule has 0 bridgehead atoms. The van der Waals surface area contributed by atoms with Crippen molar-refractivity contribution in [3.63, 3.8) is 0 Å². The number of rotatable bonds is 3. The van der Waals surface area contributed by atoms with Crippen LogP contribution >= 0.6 is 27.5 Å². The first-order chi connectivity index (χ1) is 8.58. The van der Waals surface area contributed by atoms with E-state index in [2.05, 4.69) is 21.2 Å². The van der Waals surface area contributed by atoms with Gasteiger partial charge in [0.15, 0.2) is 0 Å². The monoisotopic (exact) mass is 325 g/mol. The van der Waals surface area contributed by atoms with Gasteiger partial charge in [-0.15, -0.1) is 0 Å². The van der Waals surface area contributed by atoms with Gasteiger partial charge < -0.3 is 10.4 Å². The average molecular weight is 327 g/mol. The van der Waals surface area contributed by atoms with Gasteiger partial charge in [-0.25, -0.2) is 0 Å². The number of anilines is 1. The molecule has 0 aliphatic carbocycles. The van der Waals surface area contributed by atoms with E-state index < -0.39 is 0 Å². The van der Waals surface area contributed by atoms with Crippen LogP contribution in [0, 0.1) is 6.92 Å². The molecule has 0 saturated heterocycles. The molecule has 0 heterocycles. The van der Waals surface area contributed by atoms with Gasteiger partial charge in [-0.05, 0) is 36.8 Å². The Bertz CT molecular complexity index is 551. The van der Waals surface area contributed by atoms with Gasteiger partial charge in [-0.2, -0.15) is 0 Å². The molecule has 4 heteroatoms. The van der Waals surface area contributed by atoms with E-state index in [0.717, 1.165) is 10.2 Å². The van der Waals surface area contributed by atoms with Gasteiger partial charge in [-0.1, -0.05) is 39.7 Å². The van der Waals surface area contributed by atoms with Crippen molar-refractivity contribution in [2.45, 2.75) is 13.5 Å². The molecule has 0 aliphatic heterocycles. The van der Waals surface area contributed by atoms with E-state index in [4.69, 9.17) is 11.6 Å². The van der Waals surface area contributed by atoms with E-state index in [9.17, 15) is 5.11 Å². The third-order valence-electron chi connectivity index (χ3n) is 2.74. The van der Waals surface area contributed by atoms with Crippen LogP contribution < -0.4 is 5.32 Å². The lowest BCUT2D eigenvalue weighted by Crippen LogP contribution is -2.00. The van der Waals surface area contributed by atoms with Gasteiger partial charge in [0.1, 0.15) is 5.75 Å². The third-order valence-corrected chi connectivity index (χ3v) is 3.94. The summed E-state index contributed by atoms with van der Waals surface area (Å²) in [6.07, 6.45) is 0. The van der Waals surface area contributed by atoms with Crippen LogP contribution in [-0.2, 0) is 6.54 Å². The molecule has 2 aromatic rings. The standard InChI is InChI=1S/C14H13BrClNO/c1-9-5-6-10(7-12(9)15)17-8-11-13(16)3-2-4-14(11)18/h2-7,17-18H,8H2,1H3. The maximum absolute atomic E-state index is 9.73. The van der Waals surface area contributed by atoms with Gasteiger partial charge in [-0.3, -0.25) is 0 Å². The molecule has 0 atom stereocenters. The summed E-state index contributed by atoms with van der Waals surface area (Å²) in [5.74, 6) is 0.209. The molecule has 0 aromatic heterocycles. The van der Waals surface area contributed by atoms with Crippen LogP contribution in [0.15, 0.2) is 40.9 Å². The summed E-state index contributed by atoms with van der Waals surface area (Å²) in [5, 5.41) is 13.5. The number of phenols is 1. The van der Waals surface area contributed by atoms with Crippen molar-refractivity contribution >= 4 is 33.2 Å². The minimum atomic E-state index is 0.209. The Kier molecular flexibility index (Phi) is 4.15. The Hall–Kier alpha value is -1.19. The molecular formula is C14H13BrClNO. The number of benzene rings is 2. The van der Waals surface area contributed by atoms with Crippen molar-refractivity contribution in [3.05, 3.63) is 57.0 Å². The maximum atomic E-state index is 9.73. The molecule has 0 radical (unpaired) electrons. The van der Waals surface area contributed by atoms with Gasteiger partial charge in [0.05, 0.1) is 0 Å². The quantitative estimate of drug-likeness (QED) is 0.854. The Morgan fingerprint density at radius 1 is 1.28 bits per heavy atom. The summed E-state index contributed by atoms with van der Waals surface area (Å²) in [7, 11) is 0. The Morgan fingerprint density at radius 3 is 2.72 bits per heavy atom. The van der Waals surface area contributed by atoms with Crippen molar-refractivity contribution in [2.75, 3.05) is 5.32 Å². The Labute approximate surface area is 120 Å². The zero-order valence-electron chi connectivity index (χ0n) is 9.87. The molecule has 0 amide bonds. The predicted molar refractivity (Wildman–Crippen MR) is 79.3 cm³/mol. The number of hydrogen-bond acceptors (Lipinski definition) is 2. The normalized spacial score (nSPS) is 10.4. The molecule has 2 rings (SSSR count). The minimum Gasteiger partial charge on any atom is -0.508 e. The van der Waals surface area contributed by atoms with Gasteiger partial charge in [0.25, 0.3) is 0 Å². The highest BCUT2D eigenvalue weighted by Gasteiger charge is 2.06. The fourth-order valence-electron chi connectivity index (χ4n) is 1.62. The van der Waals surface area contributed by atoms with E-state index in [1.165, 1.54) is 5.56 Å². The average Bonchev–Trinajstić information content (AvgIpc) is 2.33. The molecule has 0 saturated carbocycles. The van der Waals surface area contributed by atoms with Crippen molar-refractivity contribution in [1.29, 1.82) is 0 Å². The zero-order chi connectivity index (χ0) is 13.1. The first kappa shape index (κ1) is 13.2. The van der Waals surface area contributed by atoms with Crippen molar-refractivity contribution in [3.8, 4) is 5.75 Å².